The summed E-state index contributed by atoms with van der Waals surface area (Å²) in [5, 5.41) is 13.5. The molecule has 0 saturated carbocycles. The van der Waals surface area contributed by atoms with Crippen LogP contribution >= 0.6 is 0 Å². The number of imidazole rings is 1. The van der Waals surface area contributed by atoms with Crippen molar-refractivity contribution in [2.45, 2.75) is 39.3 Å². The molecule has 0 radical (unpaired) electrons. The molecule has 6 rings (SSSR count). The summed E-state index contributed by atoms with van der Waals surface area (Å²) in [6.07, 6.45) is 10.4. The minimum atomic E-state index is 0.00279. The number of nitrogen functional groups attached to an aromatic ring is 1. The van der Waals surface area contributed by atoms with Crippen molar-refractivity contribution in [2.75, 3.05) is 24.1 Å². The number of nitrogens with two attached hydrogens (primary N) is 1. The number of aldehydes is 1. The highest BCUT2D eigenvalue weighted by molar-refractivity contribution is 5.85. The molecule has 1 fully saturated rings. The van der Waals surface area contributed by atoms with Gasteiger partial charge >= 0.3 is 0 Å². The zero-order chi connectivity index (χ0) is 31.3. The first kappa shape index (κ1) is 29.8. The number of carbonyl (C=O) groups excluding carboxylic acids is 1. The number of fused-ring (bicyclic) bond motifs is 1. The molecule has 1 aliphatic heterocycles. The van der Waals surface area contributed by atoms with E-state index in [0.29, 0.717) is 29.5 Å². The lowest BCUT2D eigenvalue weighted by Crippen LogP contribution is -2.38. The number of pyridine rings is 2. The van der Waals surface area contributed by atoms with Crippen molar-refractivity contribution in [3.63, 3.8) is 0 Å². The van der Waals surface area contributed by atoms with E-state index in [-0.39, 0.29) is 5.75 Å². The first-order valence-corrected chi connectivity index (χ1v) is 15.2. The van der Waals surface area contributed by atoms with Gasteiger partial charge in [-0.2, -0.15) is 0 Å². The molecule has 4 heterocycles. The Kier molecular flexibility index (Phi) is 8.70. The van der Waals surface area contributed by atoms with Crippen LogP contribution in [0.2, 0.25) is 0 Å². The molecule has 1 saturated heterocycles. The van der Waals surface area contributed by atoms with Gasteiger partial charge in [0.2, 0.25) is 0 Å². The third kappa shape index (κ3) is 6.34. The van der Waals surface area contributed by atoms with Crippen LogP contribution in [0.25, 0.3) is 33.8 Å². The van der Waals surface area contributed by atoms with Gasteiger partial charge in [0.25, 0.3) is 0 Å². The van der Waals surface area contributed by atoms with E-state index in [9.17, 15) is 9.90 Å². The number of phenols is 1. The number of benzene rings is 2. The van der Waals surface area contributed by atoms with Gasteiger partial charge in [-0.25, -0.2) is 15.0 Å². The molecule has 9 nitrogen and oxygen atoms in total. The van der Waals surface area contributed by atoms with Crippen LogP contribution < -0.4 is 11.1 Å². The Bertz CT molecular complexity index is 1880. The Morgan fingerprint density at radius 1 is 1.04 bits per heavy atom. The van der Waals surface area contributed by atoms with E-state index in [0.717, 1.165) is 71.8 Å². The fourth-order valence-corrected chi connectivity index (χ4v) is 5.87. The highest BCUT2D eigenvalue weighted by Gasteiger charge is 2.21. The predicted molar refractivity (Wildman–Crippen MR) is 180 cm³/mol. The summed E-state index contributed by atoms with van der Waals surface area (Å²) >= 11 is 0. The van der Waals surface area contributed by atoms with E-state index in [1.165, 1.54) is 5.56 Å². The molecule has 3 aromatic heterocycles. The summed E-state index contributed by atoms with van der Waals surface area (Å²) < 4.78 is 2.06. The average molecular weight is 600 g/mol. The summed E-state index contributed by atoms with van der Waals surface area (Å²) in [6.45, 7) is 6.78. The number of allylic oxidation sites excluding steroid dienone is 4. The van der Waals surface area contributed by atoms with E-state index < -0.39 is 0 Å². The van der Waals surface area contributed by atoms with Gasteiger partial charge in [-0.05, 0) is 86.4 Å². The molecule has 0 amide bonds. The second-order valence-electron chi connectivity index (χ2n) is 11.2. The summed E-state index contributed by atoms with van der Waals surface area (Å²) in [6, 6.07) is 21.8. The third-order valence-electron chi connectivity index (χ3n) is 8.25. The lowest BCUT2D eigenvalue weighted by molar-refractivity contribution is 0.112. The normalized spacial score (nSPS) is 14.8. The summed E-state index contributed by atoms with van der Waals surface area (Å²) in [5.41, 5.74) is 13.8. The Morgan fingerprint density at radius 3 is 2.53 bits per heavy atom. The number of aromatic nitrogens is 4. The van der Waals surface area contributed by atoms with Crippen LogP contribution in [0.15, 0.2) is 91.2 Å². The van der Waals surface area contributed by atoms with Crippen molar-refractivity contribution in [1.29, 1.82) is 0 Å². The molecule has 0 atom stereocenters. The largest absolute Gasteiger partial charge is 0.507 e. The molecular weight excluding hydrogens is 562 g/mol. The highest BCUT2D eigenvalue weighted by Crippen LogP contribution is 2.32. The topological polar surface area (TPSA) is 122 Å². The molecular formula is C36H37N7O2. The zero-order valence-electron chi connectivity index (χ0n) is 25.5. The number of likely N-dealkylation sites (tertiary alicyclic amines) is 1. The quantitative estimate of drug-likeness (QED) is 0.127. The Morgan fingerprint density at radius 2 is 1.84 bits per heavy atom. The van der Waals surface area contributed by atoms with Gasteiger partial charge in [-0.3, -0.25) is 14.3 Å². The molecule has 1 aliphatic rings. The second-order valence-corrected chi connectivity index (χ2v) is 11.2. The molecule has 0 bridgehead atoms. The number of nitrogens with zero attached hydrogens (tertiary/aromatic N) is 5. The standard InChI is InChI=1S/C36H37N7O2/c1-3-6-25(4-2)31-14-15-32-36(40-31)43(35(41-32)30-7-5-18-38-34(30)37)29-12-8-24(9-13-29)22-42-19-16-27(17-20-42)39-28-11-10-26(23-44)33(45)21-28/h3-15,18,21,23,27,39,45H,16-17,19-20,22H2,1-2H3,(H2,37,38)/b6-3-,25-4+. The van der Waals surface area contributed by atoms with Crippen LogP contribution in [-0.2, 0) is 6.54 Å². The maximum atomic E-state index is 11.0. The third-order valence-corrected chi connectivity index (χ3v) is 8.25. The summed E-state index contributed by atoms with van der Waals surface area (Å²) in [7, 11) is 0. The summed E-state index contributed by atoms with van der Waals surface area (Å²) in [5.74, 6) is 1.12. The molecule has 0 spiro atoms. The molecule has 228 valence electrons. The van der Waals surface area contributed by atoms with Crippen molar-refractivity contribution in [1.82, 2.24) is 24.4 Å². The van der Waals surface area contributed by atoms with Crippen LogP contribution in [-0.4, -0.2) is 54.9 Å². The smallest absolute Gasteiger partial charge is 0.165 e. The number of aromatic hydroxyl groups is 1. The van der Waals surface area contributed by atoms with Crippen LogP contribution in [0, 0.1) is 0 Å². The van der Waals surface area contributed by atoms with Crippen molar-refractivity contribution in [3.05, 3.63) is 108 Å². The number of phenolic OH excluding ortho intramolecular Hbond substituents is 1. The van der Waals surface area contributed by atoms with Gasteiger partial charge in [0, 0.05) is 49.3 Å². The van der Waals surface area contributed by atoms with Crippen molar-refractivity contribution < 1.29 is 9.90 Å². The van der Waals surface area contributed by atoms with E-state index in [1.54, 1.807) is 18.3 Å². The van der Waals surface area contributed by atoms with E-state index in [4.69, 9.17) is 15.7 Å². The number of carbonyl (C=O) groups is 1. The number of rotatable bonds is 9. The van der Waals surface area contributed by atoms with Crippen LogP contribution in [0.5, 0.6) is 5.75 Å². The van der Waals surface area contributed by atoms with Gasteiger partial charge < -0.3 is 16.2 Å². The number of anilines is 2. The minimum Gasteiger partial charge on any atom is -0.507 e. The van der Waals surface area contributed by atoms with Crippen molar-refractivity contribution in [3.8, 4) is 22.8 Å². The molecule has 45 heavy (non-hydrogen) atoms. The lowest BCUT2D eigenvalue weighted by Gasteiger charge is -2.33. The first-order valence-electron chi connectivity index (χ1n) is 15.2. The number of hydrogen-bond donors (Lipinski definition) is 3. The van der Waals surface area contributed by atoms with Crippen LogP contribution in [0.4, 0.5) is 11.5 Å². The van der Waals surface area contributed by atoms with Crippen LogP contribution in [0.3, 0.4) is 0 Å². The lowest BCUT2D eigenvalue weighted by atomic mass is 10.0. The SMILES string of the molecule is C/C=C\C(=C/C)c1ccc2nc(-c3cccnc3N)n(-c3ccc(CN4CCC(Nc5ccc(C=O)c(O)c5)CC4)cc3)c2n1. The average Bonchev–Trinajstić information content (AvgIpc) is 3.44. The molecule has 0 unspecified atom stereocenters. The van der Waals surface area contributed by atoms with Gasteiger partial charge in [-0.15, -0.1) is 0 Å². The maximum absolute atomic E-state index is 11.0. The molecule has 2 aromatic carbocycles. The Balaban J connectivity index is 1.22. The van der Waals surface area contributed by atoms with Crippen molar-refractivity contribution in [2.24, 2.45) is 0 Å². The molecule has 0 aliphatic carbocycles. The molecule has 5 aromatic rings. The van der Waals surface area contributed by atoms with Crippen molar-refractivity contribution >= 4 is 34.5 Å². The van der Waals surface area contributed by atoms with E-state index >= 15 is 0 Å². The molecule has 9 heteroatoms. The van der Waals surface area contributed by atoms with Gasteiger partial charge in [-0.1, -0.05) is 30.4 Å². The molecule has 4 N–H and O–H groups in total. The second kappa shape index (κ2) is 13.2. The zero-order valence-corrected chi connectivity index (χ0v) is 25.5. The van der Waals surface area contributed by atoms with E-state index in [2.05, 4.69) is 56.2 Å². The maximum Gasteiger partial charge on any atom is 0.165 e. The summed E-state index contributed by atoms with van der Waals surface area (Å²) in [4.78, 5) is 27.8. The predicted octanol–water partition coefficient (Wildman–Crippen LogP) is 6.64. The Labute approximate surface area is 262 Å². The number of nitrogens with one attached hydrogen (secondary N) is 1. The monoisotopic (exact) mass is 599 g/mol. The Hall–Kier alpha value is -5.28. The first-order chi connectivity index (χ1) is 22.0. The fraction of sp³-hybridized carbons (Fsp3) is 0.222. The van der Waals surface area contributed by atoms with Gasteiger partial charge in [0.1, 0.15) is 17.1 Å². The highest BCUT2D eigenvalue weighted by atomic mass is 16.3. The fourth-order valence-electron chi connectivity index (χ4n) is 5.87. The minimum absolute atomic E-state index is 0.00279. The van der Waals surface area contributed by atoms with E-state index in [1.807, 2.05) is 50.3 Å². The number of piperidine rings is 1. The van der Waals surface area contributed by atoms with Crippen LogP contribution in [0.1, 0.15) is 48.3 Å². The number of hydrogen-bond acceptors (Lipinski definition) is 8. The van der Waals surface area contributed by atoms with Gasteiger partial charge in [0.15, 0.2) is 17.8 Å². The van der Waals surface area contributed by atoms with Gasteiger partial charge in [0.05, 0.1) is 16.8 Å².